The van der Waals surface area contributed by atoms with E-state index in [9.17, 15) is 8.42 Å². The number of benzene rings is 2. The molecule has 35 heavy (non-hydrogen) atoms. The van der Waals surface area contributed by atoms with Gasteiger partial charge in [-0.05, 0) is 42.6 Å². The van der Waals surface area contributed by atoms with Crippen LogP contribution in [0, 0.1) is 0 Å². The summed E-state index contributed by atoms with van der Waals surface area (Å²) in [5, 5.41) is 9.49. The molecule has 0 amide bonds. The van der Waals surface area contributed by atoms with E-state index >= 15 is 0 Å². The molecule has 10 heteroatoms. The molecule has 0 aromatic heterocycles. The lowest BCUT2D eigenvalue weighted by Crippen LogP contribution is -2.48. The van der Waals surface area contributed by atoms with Crippen molar-refractivity contribution in [2.45, 2.75) is 31.7 Å². The summed E-state index contributed by atoms with van der Waals surface area (Å²) >= 11 is 6.13. The van der Waals surface area contributed by atoms with Crippen molar-refractivity contribution >= 4 is 46.4 Å². The van der Waals surface area contributed by atoms with Crippen LogP contribution >= 0.6 is 36.4 Å². The Kier molecular flexibility index (Phi) is 15.4. The van der Waals surface area contributed by atoms with Crippen molar-refractivity contribution in [2.75, 3.05) is 51.6 Å². The molecule has 6 nitrogen and oxygen atoms in total. The number of aliphatic hydroxyl groups is 1. The summed E-state index contributed by atoms with van der Waals surface area (Å²) in [5.74, 6) is 0.136. The van der Waals surface area contributed by atoms with Gasteiger partial charge in [-0.1, -0.05) is 66.9 Å². The Labute approximate surface area is 227 Å². The van der Waals surface area contributed by atoms with Crippen molar-refractivity contribution in [1.82, 2.24) is 14.5 Å². The average Bonchev–Trinajstić information content (AvgIpc) is 2.83. The van der Waals surface area contributed by atoms with E-state index in [1.165, 1.54) is 11.1 Å². The van der Waals surface area contributed by atoms with Gasteiger partial charge in [-0.15, -0.1) is 24.8 Å². The molecule has 1 aliphatic heterocycles. The van der Waals surface area contributed by atoms with Crippen molar-refractivity contribution in [3.8, 4) is 0 Å². The predicted molar refractivity (Wildman–Crippen MR) is 150 cm³/mol. The Hall–Kier alpha value is -0.900. The fourth-order valence-electron chi connectivity index (χ4n) is 4.39. The molecule has 3 rings (SSSR count). The summed E-state index contributed by atoms with van der Waals surface area (Å²) in [6.45, 7) is 5.08. The first-order chi connectivity index (χ1) is 16.0. The number of sulfonamides is 1. The van der Waals surface area contributed by atoms with Crippen LogP contribution in [0.15, 0.2) is 54.6 Å². The normalized spacial score (nSPS) is 15.7. The number of nitrogens with zero attached hydrogens (tertiary/aromatic N) is 2. The summed E-state index contributed by atoms with van der Waals surface area (Å²) in [5.41, 5.74) is 2.57. The zero-order chi connectivity index (χ0) is 23.5. The highest BCUT2D eigenvalue weighted by molar-refractivity contribution is 7.89. The van der Waals surface area contributed by atoms with Crippen molar-refractivity contribution in [1.29, 1.82) is 0 Å². The van der Waals surface area contributed by atoms with Crippen molar-refractivity contribution in [3.05, 3.63) is 70.7 Å². The van der Waals surface area contributed by atoms with Crippen LogP contribution in [-0.4, -0.2) is 75.0 Å². The summed E-state index contributed by atoms with van der Waals surface area (Å²) < 4.78 is 25.9. The maximum absolute atomic E-state index is 11.7. The highest BCUT2D eigenvalue weighted by Gasteiger charge is 2.26. The molecule has 0 saturated carbocycles. The van der Waals surface area contributed by atoms with Crippen molar-refractivity contribution < 1.29 is 13.5 Å². The Morgan fingerprint density at radius 1 is 0.857 bits per heavy atom. The van der Waals surface area contributed by atoms with Gasteiger partial charge < -0.3 is 10.0 Å². The molecule has 2 N–H and O–H groups in total. The number of piperazine rings is 1. The molecule has 0 spiro atoms. The van der Waals surface area contributed by atoms with Gasteiger partial charge in [-0.3, -0.25) is 4.90 Å². The van der Waals surface area contributed by atoms with Gasteiger partial charge in [0.15, 0.2) is 0 Å². The molecule has 1 saturated heterocycles. The topological polar surface area (TPSA) is 72.9 Å². The van der Waals surface area contributed by atoms with E-state index in [2.05, 4.69) is 57.0 Å². The lowest BCUT2D eigenvalue weighted by Gasteiger charge is -2.40. The van der Waals surface area contributed by atoms with Gasteiger partial charge in [0.2, 0.25) is 10.0 Å². The Bertz CT molecular complexity index is 926. The molecule has 198 valence electrons. The van der Waals surface area contributed by atoms with E-state index in [0.29, 0.717) is 6.42 Å². The second kappa shape index (κ2) is 16.8. The lowest BCUT2D eigenvalue weighted by atomic mass is 9.96. The van der Waals surface area contributed by atoms with Gasteiger partial charge in [0.25, 0.3) is 0 Å². The van der Waals surface area contributed by atoms with Crippen molar-refractivity contribution in [2.24, 2.45) is 0 Å². The van der Waals surface area contributed by atoms with Gasteiger partial charge in [-0.25, -0.2) is 13.1 Å². The van der Waals surface area contributed by atoms with E-state index in [-0.39, 0.29) is 49.8 Å². The van der Waals surface area contributed by atoms with Crippen LogP contribution in [0.5, 0.6) is 0 Å². The highest BCUT2D eigenvalue weighted by Crippen LogP contribution is 2.30. The fraction of sp³-hybridized carbons (Fsp3) is 0.520. The van der Waals surface area contributed by atoms with Crippen LogP contribution in [0.2, 0.25) is 5.02 Å². The van der Waals surface area contributed by atoms with Gasteiger partial charge in [-0.2, -0.15) is 0 Å². The number of halogens is 3. The lowest BCUT2D eigenvalue weighted by molar-refractivity contribution is 0.108. The van der Waals surface area contributed by atoms with E-state index in [4.69, 9.17) is 16.7 Å². The second-order valence-corrected chi connectivity index (χ2v) is 11.0. The quantitative estimate of drug-likeness (QED) is 0.353. The minimum absolute atomic E-state index is 0. The van der Waals surface area contributed by atoms with Gasteiger partial charge in [0.1, 0.15) is 0 Å². The molecule has 1 heterocycles. The molecule has 1 fully saturated rings. The third kappa shape index (κ3) is 10.9. The number of nitrogens with one attached hydrogen (secondary N) is 1. The average molecular weight is 567 g/mol. The summed E-state index contributed by atoms with van der Waals surface area (Å²) in [6, 6.07) is 19.1. The van der Waals surface area contributed by atoms with Crippen molar-refractivity contribution in [3.63, 3.8) is 0 Å². The minimum atomic E-state index is -3.25. The molecular weight excluding hydrogens is 529 g/mol. The molecular formula is C25H38Cl3N3O3S. The van der Waals surface area contributed by atoms with E-state index in [1.54, 1.807) is 0 Å². The smallest absolute Gasteiger partial charge is 0.211 e. The standard InChI is InChI=1S/C25H36ClN3O3S.2ClH/c26-24-12-10-23(11-13-24)25(22-8-4-3-5-9-22)29-18-16-28(17-19-29)15-6-1-2-7-21-33(31,32)27-14-20-30;;/h3-5,8-13,25,27,30H,1-2,6-7,14-21H2;2*1H. The van der Waals surface area contributed by atoms with Crippen LogP contribution in [0.25, 0.3) is 0 Å². The third-order valence-electron chi connectivity index (χ3n) is 6.14. The zero-order valence-electron chi connectivity index (χ0n) is 20.0. The monoisotopic (exact) mass is 565 g/mol. The van der Waals surface area contributed by atoms with Gasteiger partial charge in [0, 0.05) is 37.7 Å². The first-order valence-corrected chi connectivity index (χ1v) is 13.9. The molecule has 2 aromatic carbocycles. The molecule has 0 aliphatic carbocycles. The first-order valence-electron chi connectivity index (χ1n) is 11.8. The number of unbranched alkanes of at least 4 members (excludes halogenated alkanes) is 3. The number of rotatable bonds is 13. The van der Waals surface area contributed by atoms with Crippen LogP contribution in [-0.2, 0) is 10.0 Å². The van der Waals surface area contributed by atoms with E-state index < -0.39 is 10.0 Å². The Morgan fingerprint density at radius 3 is 2.09 bits per heavy atom. The van der Waals surface area contributed by atoms with Crippen LogP contribution in [0.1, 0.15) is 42.9 Å². The number of hydrogen-bond donors (Lipinski definition) is 2. The van der Waals surface area contributed by atoms with Gasteiger partial charge >= 0.3 is 0 Å². The first kappa shape index (κ1) is 32.1. The van der Waals surface area contributed by atoms with Crippen LogP contribution < -0.4 is 4.72 Å². The summed E-state index contributed by atoms with van der Waals surface area (Å²) in [4.78, 5) is 5.07. The molecule has 1 atom stereocenters. The molecule has 0 radical (unpaired) electrons. The Morgan fingerprint density at radius 2 is 1.46 bits per heavy atom. The fourth-order valence-corrected chi connectivity index (χ4v) is 5.65. The van der Waals surface area contributed by atoms with Crippen LogP contribution in [0.4, 0.5) is 0 Å². The number of aliphatic hydroxyl groups excluding tert-OH is 1. The highest BCUT2D eigenvalue weighted by atomic mass is 35.5. The van der Waals surface area contributed by atoms with E-state index in [0.717, 1.165) is 57.0 Å². The molecule has 2 aromatic rings. The number of hydrogen-bond acceptors (Lipinski definition) is 5. The third-order valence-corrected chi connectivity index (χ3v) is 7.87. The maximum Gasteiger partial charge on any atom is 0.211 e. The molecule has 1 unspecified atom stereocenters. The minimum Gasteiger partial charge on any atom is -0.395 e. The van der Waals surface area contributed by atoms with Gasteiger partial charge in [0.05, 0.1) is 18.4 Å². The Balaban J connectivity index is 0.00000306. The molecule has 0 bridgehead atoms. The second-order valence-electron chi connectivity index (χ2n) is 8.59. The zero-order valence-corrected chi connectivity index (χ0v) is 23.2. The van der Waals surface area contributed by atoms with Crippen LogP contribution in [0.3, 0.4) is 0 Å². The maximum atomic E-state index is 11.7. The summed E-state index contributed by atoms with van der Waals surface area (Å²) in [7, 11) is -3.25. The predicted octanol–water partition coefficient (Wildman–Crippen LogP) is 4.36. The SMILES string of the molecule is Cl.Cl.O=S(=O)(CCCCCCN1CCN(C(c2ccccc2)c2ccc(Cl)cc2)CC1)NCCO. The largest absolute Gasteiger partial charge is 0.395 e. The van der Waals surface area contributed by atoms with E-state index in [1.807, 2.05) is 12.1 Å². The molecule has 1 aliphatic rings. The summed E-state index contributed by atoms with van der Waals surface area (Å²) in [6.07, 6.45) is 3.69.